The van der Waals surface area contributed by atoms with Crippen LogP contribution >= 0.6 is 0 Å². The molecule has 2 aromatic carbocycles. The summed E-state index contributed by atoms with van der Waals surface area (Å²) in [4.78, 5) is 20.9. The van der Waals surface area contributed by atoms with Crippen LogP contribution in [0.3, 0.4) is 0 Å². The Bertz CT molecular complexity index is 1070. The van der Waals surface area contributed by atoms with E-state index in [1.54, 1.807) is 18.2 Å². The SMILES string of the molecule is COc1ccc2nccc([C@@H](O)CN3CCC(NCC(=O)N(C)c4ccccc4)CC3)c2c1. The first kappa shape index (κ1) is 23.2. The number of piperidine rings is 1. The molecule has 4 rings (SSSR count). The van der Waals surface area contributed by atoms with Gasteiger partial charge in [-0.25, -0.2) is 0 Å². The molecule has 0 aliphatic carbocycles. The predicted octanol–water partition coefficient (Wildman–Crippen LogP) is 2.99. The average molecular weight is 449 g/mol. The molecule has 1 saturated heterocycles. The highest BCUT2D eigenvalue weighted by atomic mass is 16.5. The molecular weight excluding hydrogens is 416 g/mol. The van der Waals surface area contributed by atoms with Crippen molar-refractivity contribution in [1.82, 2.24) is 15.2 Å². The van der Waals surface area contributed by atoms with Gasteiger partial charge in [-0.2, -0.15) is 0 Å². The summed E-state index contributed by atoms with van der Waals surface area (Å²) in [5, 5.41) is 15.3. The molecule has 7 heteroatoms. The van der Waals surface area contributed by atoms with Crippen LogP contribution in [0.1, 0.15) is 24.5 Å². The van der Waals surface area contributed by atoms with Crippen molar-refractivity contribution in [3.8, 4) is 5.75 Å². The highest BCUT2D eigenvalue weighted by Crippen LogP contribution is 2.27. The Labute approximate surface area is 195 Å². The molecular formula is C26H32N4O3. The third-order valence-electron chi connectivity index (χ3n) is 6.42. The van der Waals surface area contributed by atoms with Gasteiger partial charge in [-0.15, -0.1) is 0 Å². The van der Waals surface area contributed by atoms with Crippen LogP contribution in [0.5, 0.6) is 5.75 Å². The number of aliphatic hydroxyl groups is 1. The second-order valence-electron chi connectivity index (χ2n) is 8.54. The van der Waals surface area contributed by atoms with Crippen LogP contribution in [-0.2, 0) is 4.79 Å². The highest BCUT2D eigenvalue weighted by Gasteiger charge is 2.23. The minimum atomic E-state index is -0.604. The van der Waals surface area contributed by atoms with Crippen molar-refractivity contribution in [2.24, 2.45) is 0 Å². The quantitative estimate of drug-likeness (QED) is 0.552. The number of likely N-dealkylation sites (N-methyl/N-ethyl adjacent to an activating group) is 1. The number of hydrogen-bond donors (Lipinski definition) is 2. The lowest BCUT2D eigenvalue weighted by Gasteiger charge is -2.34. The molecule has 1 aromatic heterocycles. The normalized spacial score (nSPS) is 16.0. The average Bonchev–Trinajstić information content (AvgIpc) is 2.87. The number of anilines is 1. The van der Waals surface area contributed by atoms with E-state index in [1.165, 1.54) is 0 Å². The zero-order chi connectivity index (χ0) is 23.2. The molecule has 2 heterocycles. The third-order valence-corrected chi connectivity index (χ3v) is 6.42. The molecule has 1 fully saturated rings. The number of hydrogen-bond acceptors (Lipinski definition) is 6. The molecule has 1 atom stereocenters. The van der Waals surface area contributed by atoms with Gasteiger partial charge in [0.1, 0.15) is 5.75 Å². The van der Waals surface area contributed by atoms with E-state index in [9.17, 15) is 9.90 Å². The van der Waals surface area contributed by atoms with Gasteiger partial charge in [0, 0.05) is 36.9 Å². The second kappa shape index (κ2) is 10.7. The zero-order valence-electron chi connectivity index (χ0n) is 19.3. The minimum absolute atomic E-state index is 0.0547. The number of aliphatic hydroxyl groups excluding tert-OH is 1. The Morgan fingerprint density at radius 1 is 1.21 bits per heavy atom. The van der Waals surface area contributed by atoms with Gasteiger partial charge in [0.25, 0.3) is 0 Å². The molecule has 0 unspecified atom stereocenters. The maximum atomic E-state index is 12.5. The summed E-state index contributed by atoms with van der Waals surface area (Å²) in [5.41, 5.74) is 2.61. The van der Waals surface area contributed by atoms with Crippen LogP contribution in [0.2, 0.25) is 0 Å². The lowest BCUT2D eigenvalue weighted by Crippen LogP contribution is -2.46. The number of benzene rings is 2. The number of para-hydroxylation sites is 1. The van der Waals surface area contributed by atoms with Crippen LogP contribution < -0.4 is 15.0 Å². The number of likely N-dealkylation sites (tertiary alicyclic amines) is 1. The Kier molecular flexibility index (Phi) is 7.54. The number of methoxy groups -OCH3 is 1. The Hall–Kier alpha value is -3.00. The molecule has 0 bridgehead atoms. The van der Waals surface area contributed by atoms with Gasteiger partial charge in [0.2, 0.25) is 5.91 Å². The van der Waals surface area contributed by atoms with Crippen LogP contribution in [-0.4, -0.2) is 67.3 Å². The first-order valence-electron chi connectivity index (χ1n) is 11.4. The van der Waals surface area contributed by atoms with Gasteiger partial charge in [0.15, 0.2) is 0 Å². The van der Waals surface area contributed by atoms with E-state index in [2.05, 4.69) is 15.2 Å². The molecule has 2 N–H and O–H groups in total. The number of ether oxygens (including phenoxy) is 1. The van der Waals surface area contributed by atoms with Crippen molar-refractivity contribution in [2.75, 3.05) is 45.2 Å². The van der Waals surface area contributed by atoms with Crippen molar-refractivity contribution >= 4 is 22.5 Å². The van der Waals surface area contributed by atoms with Gasteiger partial charge in [-0.1, -0.05) is 18.2 Å². The fourth-order valence-electron chi connectivity index (χ4n) is 4.37. The fourth-order valence-corrected chi connectivity index (χ4v) is 4.37. The lowest BCUT2D eigenvalue weighted by atomic mass is 10.0. The predicted molar refractivity (Wildman–Crippen MR) is 131 cm³/mol. The molecule has 1 aliphatic heterocycles. The van der Waals surface area contributed by atoms with E-state index in [4.69, 9.17) is 4.74 Å². The minimum Gasteiger partial charge on any atom is -0.497 e. The first-order valence-corrected chi connectivity index (χ1v) is 11.4. The van der Waals surface area contributed by atoms with Crippen molar-refractivity contribution in [3.63, 3.8) is 0 Å². The molecule has 1 aliphatic rings. The maximum Gasteiger partial charge on any atom is 0.240 e. The number of amides is 1. The molecule has 0 radical (unpaired) electrons. The van der Waals surface area contributed by atoms with Crippen molar-refractivity contribution in [3.05, 3.63) is 66.4 Å². The standard InChI is InChI=1S/C26H32N4O3/c1-29(20-6-4-3-5-7-20)26(32)17-28-19-11-14-30(15-12-19)18-25(31)22-10-13-27-24-9-8-21(33-2)16-23(22)24/h3-10,13,16,19,25,28,31H,11-12,14-15,17-18H2,1-2H3/t25-/m0/s1. The van der Waals surface area contributed by atoms with E-state index < -0.39 is 6.10 Å². The third kappa shape index (κ3) is 5.68. The van der Waals surface area contributed by atoms with Crippen LogP contribution in [0.25, 0.3) is 10.9 Å². The first-order chi connectivity index (χ1) is 16.0. The number of nitrogens with one attached hydrogen (secondary N) is 1. The molecule has 33 heavy (non-hydrogen) atoms. The highest BCUT2D eigenvalue weighted by molar-refractivity contribution is 5.94. The van der Waals surface area contributed by atoms with Crippen LogP contribution in [0.15, 0.2) is 60.8 Å². The van der Waals surface area contributed by atoms with Crippen molar-refractivity contribution in [2.45, 2.75) is 25.0 Å². The monoisotopic (exact) mass is 448 g/mol. The number of rotatable bonds is 8. The maximum absolute atomic E-state index is 12.5. The van der Waals surface area contributed by atoms with Gasteiger partial charge >= 0.3 is 0 Å². The summed E-state index contributed by atoms with van der Waals surface area (Å²) in [5.74, 6) is 0.808. The molecule has 174 valence electrons. The Balaban J connectivity index is 1.27. The van der Waals surface area contributed by atoms with E-state index in [1.807, 2.05) is 61.6 Å². The summed E-state index contributed by atoms with van der Waals surface area (Å²) < 4.78 is 5.34. The Morgan fingerprint density at radius 2 is 1.97 bits per heavy atom. The number of aromatic nitrogens is 1. The number of fused-ring (bicyclic) bond motifs is 1. The number of carbonyl (C=O) groups excluding carboxylic acids is 1. The second-order valence-corrected chi connectivity index (χ2v) is 8.54. The van der Waals surface area contributed by atoms with Crippen LogP contribution in [0.4, 0.5) is 5.69 Å². The van der Waals surface area contributed by atoms with Gasteiger partial charge in [-0.05, 0) is 67.9 Å². The lowest BCUT2D eigenvalue weighted by molar-refractivity contribution is -0.117. The number of pyridine rings is 1. The summed E-state index contributed by atoms with van der Waals surface area (Å²) in [7, 11) is 3.45. The largest absolute Gasteiger partial charge is 0.497 e. The number of nitrogens with zero attached hydrogens (tertiary/aromatic N) is 3. The topological polar surface area (TPSA) is 77.9 Å². The molecule has 0 saturated carbocycles. The summed E-state index contributed by atoms with van der Waals surface area (Å²) in [6, 6.07) is 17.6. The summed E-state index contributed by atoms with van der Waals surface area (Å²) >= 11 is 0. The van der Waals surface area contributed by atoms with E-state index in [-0.39, 0.29) is 5.91 Å². The van der Waals surface area contributed by atoms with E-state index >= 15 is 0 Å². The van der Waals surface area contributed by atoms with Gasteiger partial charge < -0.3 is 25.0 Å². The smallest absolute Gasteiger partial charge is 0.240 e. The number of carbonyl (C=O) groups is 1. The molecule has 0 spiro atoms. The van der Waals surface area contributed by atoms with Crippen LogP contribution in [0, 0.1) is 0 Å². The summed E-state index contributed by atoms with van der Waals surface area (Å²) in [6.45, 7) is 2.65. The van der Waals surface area contributed by atoms with Gasteiger partial charge in [0.05, 0.1) is 25.3 Å². The number of β-amino-alcohol motifs (C(OH)–C–C–N with tert-alkyl or cyclic N) is 1. The van der Waals surface area contributed by atoms with E-state index in [0.29, 0.717) is 19.1 Å². The zero-order valence-corrected chi connectivity index (χ0v) is 19.3. The van der Waals surface area contributed by atoms with E-state index in [0.717, 1.165) is 53.8 Å². The van der Waals surface area contributed by atoms with Crippen molar-refractivity contribution in [1.29, 1.82) is 0 Å². The van der Waals surface area contributed by atoms with Gasteiger partial charge in [-0.3, -0.25) is 9.78 Å². The van der Waals surface area contributed by atoms with Crippen molar-refractivity contribution < 1.29 is 14.6 Å². The molecule has 7 nitrogen and oxygen atoms in total. The molecule has 1 amide bonds. The summed E-state index contributed by atoms with van der Waals surface area (Å²) in [6.07, 6.45) is 3.03. The molecule has 3 aromatic rings. The Morgan fingerprint density at radius 3 is 2.70 bits per heavy atom. The fraction of sp³-hybridized carbons (Fsp3) is 0.385.